The third kappa shape index (κ3) is 5.39. The highest BCUT2D eigenvalue weighted by Crippen LogP contribution is 2.32. The Morgan fingerprint density at radius 3 is 2.29 bits per heavy atom. The van der Waals surface area contributed by atoms with E-state index in [0.717, 1.165) is 6.07 Å². The number of alkyl halides is 3. The molecule has 0 unspecified atom stereocenters. The Hall–Kier alpha value is -4.22. The van der Waals surface area contributed by atoms with Crippen molar-refractivity contribution < 1.29 is 27.5 Å². The highest BCUT2D eigenvalue weighted by atomic mass is 19.4. The number of aromatic nitrogens is 3. The lowest BCUT2D eigenvalue weighted by atomic mass is 10.1. The summed E-state index contributed by atoms with van der Waals surface area (Å²) in [4.78, 5) is 31.8. The van der Waals surface area contributed by atoms with Crippen LogP contribution in [0, 0.1) is 0 Å². The van der Waals surface area contributed by atoms with Crippen molar-refractivity contribution in [1.82, 2.24) is 20.1 Å². The van der Waals surface area contributed by atoms with Crippen LogP contribution in [-0.4, -0.2) is 58.3 Å². The zero-order chi connectivity index (χ0) is 24.1. The second-order valence-electron chi connectivity index (χ2n) is 7.28. The highest BCUT2D eigenvalue weighted by molar-refractivity contribution is 5.96. The first-order valence-electron chi connectivity index (χ1n) is 10.3. The second kappa shape index (κ2) is 9.73. The second-order valence-corrected chi connectivity index (χ2v) is 7.28. The predicted molar refractivity (Wildman–Crippen MR) is 115 cm³/mol. The van der Waals surface area contributed by atoms with E-state index in [1.165, 1.54) is 35.4 Å². The number of halogens is 3. The average molecular weight is 472 g/mol. The first kappa shape index (κ1) is 23.0. The highest BCUT2D eigenvalue weighted by Gasteiger charge is 2.36. The van der Waals surface area contributed by atoms with Crippen molar-refractivity contribution in [3.05, 3.63) is 71.9 Å². The fraction of sp³-hybridized carbons (Fsp3) is 0.227. The van der Waals surface area contributed by atoms with Gasteiger partial charge in [0.15, 0.2) is 5.82 Å². The molecule has 2 aromatic heterocycles. The number of benzene rings is 1. The number of pyridine rings is 1. The molecule has 2 amide bonds. The van der Waals surface area contributed by atoms with Crippen LogP contribution < -0.4 is 15.0 Å². The number of hydrogen-bond donors (Lipinski definition) is 1. The molecule has 3 heterocycles. The van der Waals surface area contributed by atoms with E-state index in [2.05, 4.69) is 20.5 Å². The van der Waals surface area contributed by atoms with Gasteiger partial charge in [0.25, 0.3) is 5.91 Å². The minimum atomic E-state index is -4.61. The molecule has 0 saturated carbocycles. The number of ether oxygens (including phenoxy) is 1. The van der Waals surface area contributed by atoms with Crippen molar-refractivity contribution in [3.8, 4) is 5.88 Å². The first-order chi connectivity index (χ1) is 16.3. The van der Waals surface area contributed by atoms with E-state index in [1.807, 2.05) is 4.90 Å². The lowest BCUT2D eigenvalue weighted by molar-refractivity contribution is -0.138. The zero-order valence-electron chi connectivity index (χ0n) is 17.7. The van der Waals surface area contributed by atoms with Gasteiger partial charge >= 0.3 is 12.3 Å². The third-order valence-corrected chi connectivity index (χ3v) is 5.07. The van der Waals surface area contributed by atoms with Gasteiger partial charge < -0.3 is 14.5 Å². The lowest BCUT2D eigenvalue weighted by Gasteiger charge is -2.35. The van der Waals surface area contributed by atoms with E-state index in [0.29, 0.717) is 24.7 Å². The Kier molecular flexibility index (Phi) is 6.57. The number of amides is 2. The van der Waals surface area contributed by atoms with E-state index in [9.17, 15) is 22.8 Å². The molecule has 1 aromatic carbocycles. The smallest absolute Gasteiger partial charge is 0.389 e. The monoisotopic (exact) mass is 472 g/mol. The Morgan fingerprint density at radius 1 is 0.912 bits per heavy atom. The van der Waals surface area contributed by atoms with Gasteiger partial charge in [0, 0.05) is 38.4 Å². The molecule has 3 aromatic rings. The van der Waals surface area contributed by atoms with Crippen LogP contribution in [0.15, 0.2) is 60.8 Å². The van der Waals surface area contributed by atoms with E-state index < -0.39 is 23.7 Å². The van der Waals surface area contributed by atoms with Gasteiger partial charge in [-0.2, -0.15) is 13.2 Å². The van der Waals surface area contributed by atoms with Gasteiger partial charge in [-0.3, -0.25) is 10.1 Å². The molecule has 4 rings (SSSR count). The summed E-state index contributed by atoms with van der Waals surface area (Å²) in [6.07, 6.45) is -3.86. The van der Waals surface area contributed by atoms with Crippen molar-refractivity contribution in [2.75, 3.05) is 36.4 Å². The lowest BCUT2D eigenvalue weighted by Crippen LogP contribution is -2.49. The maximum Gasteiger partial charge on any atom is 0.419 e. The first-order valence-corrected chi connectivity index (χ1v) is 10.3. The van der Waals surface area contributed by atoms with Crippen LogP contribution in [0.4, 0.5) is 29.6 Å². The van der Waals surface area contributed by atoms with Crippen LogP contribution in [0.5, 0.6) is 5.88 Å². The fourth-order valence-corrected chi connectivity index (χ4v) is 3.42. The van der Waals surface area contributed by atoms with E-state index >= 15 is 0 Å². The Bertz CT molecular complexity index is 1150. The van der Waals surface area contributed by atoms with Gasteiger partial charge in [0.2, 0.25) is 5.88 Å². The molecule has 0 bridgehead atoms. The maximum absolute atomic E-state index is 13.2. The molecule has 9 nitrogen and oxygen atoms in total. The average Bonchev–Trinajstić information content (AvgIpc) is 2.84. The van der Waals surface area contributed by atoms with E-state index in [1.54, 1.807) is 24.3 Å². The standard InChI is InChI=1S/C22H19F3N6O3/c23-22(24,25)16-6-2-1-5-15(16)20(32)31-13-11-30(12-14-31)18-8-9-19(29-28-18)34-21(33)27-17-7-3-4-10-26-17/h1-10H,11-14H2,(H,26,27,33). The summed E-state index contributed by atoms with van der Waals surface area (Å²) >= 11 is 0. The molecule has 0 atom stereocenters. The Labute approximate surface area is 192 Å². The summed E-state index contributed by atoms with van der Waals surface area (Å²) < 4.78 is 44.8. The molecular formula is C22H19F3N6O3. The number of carbonyl (C=O) groups excluding carboxylic acids is 2. The molecule has 12 heteroatoms. The molecule has 176 valence electrons. The number of nitrogens with one attached hydrogen (secondary N) is 1. The van der Waals surface area contributed by atoms with Gasteiger partial charge in [-0.15, -0.1) is 10.2 Å². The summed E-state index contributed by atoms with van der Waals surface area (Å²) in [7, 11) is 0. The number of piperazine rings is 1. The number of anilines is 2. The Balaban J connectivity index is 1.33. The summed E-state index contributed by atoms with van der Waals surface area (Å²) in [5.74, 6) is 0.124. The van der Waals surface area contributed by atoms with Gasteiger partial charge in [-0.25, -0.2) is 9.78 Å². The molecule has 1 saturated heterocycles. The molecule has 0 radical (unpaired) electrons. The van der Waals surface area contributed by atoms with Crippen LogP contribution >= 0.6 is 0 Å². The quantitative estimate of drug-likeness (QED) is 0.621. The van der Waals surface area contributed by atoms with Crippen molar-refractivity contribution in [3.63, 3.8) is 0 Å². The topological polar surface area (TPSA) is 101 Å². The van der Waals surface area contributed by atoms with Crippen LogP contribution in [0.3, 0.4) is 0 Å². The maximum atomic E-state index is 13.2. The third-order valence-electron chi connectivity index (χ3n) is 5.07. The van der Waals surface area contributed by atoms with Crippen LogP contribution in [0.2, 0.25) is 0 Å². The van der Waals surface area contributed by atoms with Crippen molar-refractivity contribution >= 4 is 23.6 Å². The number of hydrogen-bond acceptors (Lipinski definition) is 7. The molecular weight excluding hydrogens is 453 g/mol. The minimum absolute atomic E-state index is 0.0187. The van der Waals surface area contributed by atoms with Crippen LogP contribution in [0.1, 0.15) is 15.9 Å². The van der Waals surface area contributed by atoms with Crippen molar-refractivity contribution in [2.24, 2.45) is 0 Å². The predicted octanol–water partition coefficient (Wildman–Crippen LogP) is 3.46. The van der Waals surface area contributed by atoms with Crippen molar-refractivity contribution in [1.29, 1.82) is 0 Å². The van der Waals surface area contributed by atoms with Crippen molar-refractivity contribution in [2.45, 2.75) is 6.18 Å². The van der Waals surface area contributed by atoms with E-state index in [4.69, 9.17) is 4.74 Å². The summed E-state index contributed by atoms with van der Waals surface area (Å²) in [5.41, 5.74) is -1.32. The zero-order valence-corrected chi connectivity index (χ0v) is 17.7. The van der Waals surface area contributed by atoms with Gasteiger partial charge in [0.05, 0.1) is 11.1 Å². The van der Waals surface area contributed by atoms with Crippen LogP contribution in [-0.2, 0) is 6.18 Å². The minimum Gasteiger partial charge on any atom is -0.389 e. The number of nitrogens with zero attached hydrogens (tertiary/aromatic N) is 5. The SMILES string of the molecule is O=C(Nc1ccccn1)Oc1ccc(N2CCN(C(=O)c3ccccc3C(F)(F)F)CC2)nn1. The molecule has 1 N–H and O–H groups in total. The molecule has 0 aliphatic carbocycles. The molecule has 1 aliphatic heterocycles. The van der Waals surface area contributed by atoms with Gasteiger partial charge in [0.1, 0.15) is 5.82 Å². The fourth-order valence-electron chi connectivity index (χ4n) is 3.42. The Morgan fingerprint density at radius 2 is 1.65 bits per heavy atom. The van der Waals surface area contributed by atoms with Gasteiger partial charge in [-0.05, 0) is 30.3 Å². The molecule has 1 fully saturated rings. The molecule has 34 heavy (non-hydrogen) atoms. The number of carbonyl (C=O) groups is 2. The van der Waals surface area contributed by atoms with Gasteiger partial charge in [-0.1, -0.05) is 18.2 Å². The van der Waals surface area contributed by atoms with Crippen LogP contribution in [0.25, 0.3) is 0 Å². The normalized spacial score (nSPS) is 14.0. The largest absolute Gasteiger partial charge is 0.419 e. The summed E-state index contributed by atoms with van der Waals surface area (Å²) in [6.45, 7) is 1.15. The summed E-state index contributed by atoms with van der Waals surface area (Å²) in [5, 5.41) is 10.4. The van der Waals surface area contributed by atoms with E-state index in [-0.39, 0.29) is 24.5 Å². The molecule has 0 spiro atoms. The number of rotatable bonds is 4. The molecule has 1 aliphatic rings. The summed E-state index contributed by atoms with van der Waals surface area (Å²) in [6, 6.07) is 12.8.